The molecule has 0 aromatic carbocycles. The lowest BCUT2D eigenvalue weighted by atomic mass is 9.62. The zero-order valence-electron chi connectivity index (χ0n) is 12.5. The molecule has 1 saturated carbocycles. The quantitative estimate of drug-likeness (QED) is 0.622. The maximum Gasteiger partial charge on any atom is 0.167 e. The maximum absolute atomic E-state index is 11.6. The molecule has 2 fully saturated rings. The van der Waals surface area contributed by atoms with Crippen molar-refractivity contribution in [2.75, 3.05) is 7.11 Å². The minimum atomic E-state index is -0.951. The Balaban J connectivity index is 2.12. The number of aldehydes is 1. The van der Waals surface area contributed by atoms with Gasteiger partial charge in [0.25, 0.3) is 0 Å². The first kappa shape index (κ1) is 14.2. The highest BCUT2D eigenvalue weighted by molar-refractivity contribution is 5.64. The number of hydrogen-bond acceptors (Lipinski definition) is 4. The van der Waals surface area contributed by atoms with Crippen LogP contribution >= 0.6 is 0 Å². The van der Waals surface area contributed by atoms with Gasteiger partial charge in [-0.25, -0.2) is 0 Å². The van der Waals surface area contributed by atoms with E-state index in [9.17, 15) is 9.90 Å². The first-order valence-electron chi connectivity index (χ1n) is 7.47. The van der Waals surface area contributed by atoms with Crippen molar-refractivity contribution in [3.63, 3.8) is 0 Å². The molecule has 0 amide bonds. The summed E-state index contributed by atoms with van der Waals surface area (Å²) in [6.07, 6.45) is 6.52. The fourth-order valence-electron chi connectivity index (χ4n) is 4.74. The fourth-order valence-corrected chi connectivity index (χ4v) is 4.74. The molecular weight excluding hydrogens is 256 g/mol. The molecule has 4 nitrogen and oxygen atoms in total. The summed E-state index contributed by atoms with van der Waals surface area (Å²) in [5.41, 5.74) is -0.938. The van der Waals surface area contributed by atoms with Crippen LogP contribution in [0.2, 0.25) is 0 Å². The molecule has 1 N–H and O–H groups in total. The normalized spacial score (nSPS) is 51.1. The van der Waals surface area contributed by atoms with Crippen molar-refractivity contribution >= 4 is 6.29 Å². The van der Waals surface area contributed by atoms with Gasteiger partial charge in [0.2, 0.25) is 0 Å². The largest absolute Gasteiger partial charge is 0.389 e. The van der Waals surface area contributed by atoms with Gasteiger partial charge in [0.15, 0.2) is 12.6 Å². The molecule has 2 bridgehead atoms. The summed E-state index contributed by atoms with van der Waals surface area (Å²) < 4.78 is 11.6. The van der Waals surface area contributed by atoms with Crippen LogP contribution in [0.5, 0.6) is 0 Å². The summed E-state index contributed by atoms with van der Waals surface area (Å²) in [4.78, 5) is 11.6. The summed E-state index contributed by atoms with van der Waals surface area (Å²) in [5.74, 6) is -0.141. The van der Waals surface area contributed by atoms with Crippen LogP contribution in [0.3, 0.4) is 0 Å². The molecule has 5 atom stereocenters. The Labute approximate surface area is 120 Å². The van der Waals surface area contributed by atoms with Crippen molar-refractivity contribution in [1.82, 2.24) is 0 Å². The molecule has 3 rings (SSSR count). The molecule has 0 radical (unpaired) electrons. The Morgan fingerprint density at radius 1 is 1.50 bits per heavy atom. The van der Waals surface area contributed by atoms with Crippen LogP contribution in [0.25, 0.3) is 0 Å². The van der Waals surface area contributed by atoms with Gasteiger partial charge in [0.05, 0.1) is 11.0 Å². The van der Waals surface area contributed by atoms with Crippen LogP contribution in [0.15, 0.2) is 11.6 Å². The number of carbonyl (C=O) groups excluding carboxylic acids is 1. The van der Waals surface area contributed by atoms with Gasteiger partial charge in [0.1, 0.15) is 5.60 Å². The third kappa shape index (κ3) is 1.56. The van der Waals surface area contributed by atoms with E-state index in [0.29, 0.717) is 6.42 Å². The fraction of sp³-hybridized carbons (Fsp3) is 0.812. The molecule has 20 heavy (non-hydrogen) atoms. The Bertz CT molecular complexity index is 459. The van der Waals surface area contributed by atoms with Gasteiger partial charge in [-0.15, -0.1) is 0 Å². The maximum atomic E-state index is 11.6. The Kier molecular flexibility index (Phi) is 3.13. The number of carbonyl (C=O) groups is 1. The van der Waals surface area contributed by atoms with E-state index >= 15 is 0 Å². The zero-order chi connectivity index (χ0) is 14.6. The van der Waals surface area contributed by atoms with Crippen LogP contribution in [0.1, 0.15) is 46.0 Å². The molecule has 1 aliphatic heterocycles. The van der Waals surface area contributed by atoms with Crippen molar-refractivity contribution in [2.45, 2.75) is 63.4 Å². The highest BCUT2D eigenvalue weighted by atomic mass is 16.7. The van der Waals surface area contributed by atoms with Crippen molar-refractivity contribution in [3.8, 4) is 0 Å². The monoisotopic (exact) mass is 280 g/mol. The van der Waals surface area contributed by atoms with Crippen LogP contribution in [0.4, 0.5) is 0 Å². The average Bonchev–Trinajstić information content (AvgIpc) is 2.57. The van der Waals surface area contributed by atoms with E-state index in [0.717, 1.165) is 32.0 Å². The second-order valence-corrected chi connectivity index (χ2v) is 6.91. The highest BCUT2D eigenvalue weighted by Gasteiger charge is 2.71. The lowest BCUT2D eigenvalue weighted by Gasteiger charge is -2.56. The van der Waals surface area contributed by atoms with E-state index in [1.807, 2.05) is 0 Å². The van der Waals surface area contributed by atoms with E-state index in [1.54, 1.807) is 14.0 Å². The Morgan fingerprint density at radius 2 is 2.25 bits per heavy atom. The number of aliphatic hydroxyl groups is 1. The molecule has 0 aromatic rings. The molecule has 1 saturated heterocycles. The van der Waals surface area contributed by atoms with Gasteiger partial charge in [-0.05, 0) is 46.0 Å². The Morgan fingerprint density at radius 3 is 2.90 bits per heavy atom. The second-order valence-electron chi connectivity index (χ2n) is 6.91. The average molecular weight is 280 g/mol. The highest BCUT2D eigenvalue weighted by Crippen LogP contribution is 2.65. The topological polar surface area (TPSA) is 55.8 Å². The van der Waals surface area contributed by atoms with Gasteiger partial charge in [-0.3, -0.25) is 0 Å². The van der Waals surface area contributed by atoms with Crippen molar-refractivity contribution in [3.05, 3.63) is 11.6 Å². The van der Waals surface area contributed by atoms with E-state index in [4.69, 9.17) is 9.47 Å². The van der Waals surface area contributed by atoms with Crippen LogP contribution < -0.4 is 0 Å². The number of allylic oxidation sites excluding steroid dienone is 2. The second kappa shape index (κ2) is 4.39. The van der Waals surface area contributed by atoms with Crippen molar-refractivity contribution in [2.24, 2.45) is 11.3 Å². The van der Waals surface area contributed by atoms with Crippen LogP contribution in [0, 0.1) is 11.3 Å². The molecule has 1 heterocycles. The third-order valence-corrected chi connectivity index (χ3v) is 5.99. The van der Waals surface area contributed by atoms with Crippen molar-refractivity contribution in [1.29, 1.82) is 0 Å². The first-order valence-corrected chi connectivity index (χ1v) is 7.47. The van der Waals surface area contributed by atoms with Gasteiger partial charge in [-0.1, -0.05) is 11.6 Å². The summed E-state index contributed by atoms with van der Waals surface area (Å²) in [7, 11) is 1.60. The van der Waals surface area contributed by atoms with Gasteiger partial charge in [0, 0.05) is 13.0 Å². The van der Waals surface area contributed by atoms with E-state index in [1.165, 1.54) is 5.57 Å². The summed E-state index contributed by atoms with van der Waals surface area (Å²) in [6.45, 7) is 3.89. The lowest BCUT2D eigenvalue weighted by Crippen LogP contribution is -2.66. The smallest absolute Gasteiger partial charge is 0.167 e. The van der Waals surface area contributed by atoms with E-state index < -0.39 is 22.9 Å². The minimum absolute atomic E-state index is 0.141. The summed E-state index contributed by atoms with van der Waals surface area (Å²) in [6, 6.07) is 0. The number of rotatable bonds is 2. The van der Waals surface area contributed by atoms with Crippen LogP contribution in [-0.2, 0) is 14.3 Å². The molecule has 2 aliphatic carbocycles. The van der Waals surface area contributed by atoms with Crippen LogP contribution in [-0.4, -0.2) is 36.0 Å². The molecular formula is C16H24O4. The number of ether oxygens (including phenoxy) is 2. The first-order chi connectivity index (χ1) is 9.42. The zero-order valence-corrected chi connectivity index (χ0v) is 12.5. The molecule has 3 aliphatic rings. The van der Waals surface area contributed by atoms with Gasteiger partial charge >= 0.3 is 0 Å². The van der Waals surface area contributed by atoms with Crippen molar-refractivity contribution < 1.29 is 19.4 Å². The predicted molar refractivity (Wildman–Crippen MR) is 74.1 cm³/mol. The summed E-state index contributed by atoms with van der Waals surface area (Å²) in [5, 5.41) is 11.5. The SMILES string of the molecule is COC1O[C@](C)(C=O)[C@@H]2CC[C@]13CC=C(C)CC[C@]23O. The lowest BCUT2D eigenvalue weighted by molar-refractivity contribution is -0.329. The number of hydrogen-bond donors (Lipinski definition) is 1. The third-order valence-electron chi connectivity index (χ3n) is 5.99. The minimum Gasteiger partial charge on any atom is -0.389 e. The number of methoxy groups -OCH3 is 1. The predicted octanol–water partition coefficient (Wildman–Crippen LogP) is 2.20. The standard InChI is InChI=1S/C16H24O4/c1-11-4-7-15-8-6-12(16(15,18)9-5-11)14(2,10-17)20-13(15)19-3/h4,10,12-13,18H,5-9H2,1-3H3/t12-,13?,14+,15+,16-/m0/s1. The summed E-state index contributed by atoms with van der Waals surface area (Å²) >= 11 is 0. The molecule has 4 heteroatoms. The van der Waals surface area contributed by atoms with E-state index in [2.05, 4.69) is 13.0 Å². The molecule has 0 aromatic heterocycles. The molecule has 0 spiro atoms. The van der Waals surface area contributed by atoms with Gasteiger partial charge < -0.3 is 19.4 Å². The van der Waals surface area contributed by atoms with Gasteiger partial charge in [-0.2, -0.15) is 0 Å². The molecule has 112 valence electrons. The molecule has 1 unspecified atom stereocenters. The Hall–Kier alpha value is -0.710. The van der Waals surface area contributed by atoms with E-state index in [-0.39, 0.29) is 5.92 Å².